The van der Waals surface area contributed by atoms with Crippen LogP contribution in [-0.2, 0) is 6.54 Å². The van der Waals surface area contributed by atoms with E-state index in [1.807, 2.05) is 36.4 Å². The van der Waals surface area contributed by atoms with Gasteiger partial charge in [0.2, 0.25) is 0 Å². The van der Waals surface area contributed by atoms with E-state index in [-0.39, 0.29) is 0 Å². The second kappa shape index (κ2) is 8.62. The van der Waals surface area contributed by atoms with Crippen LogP contribution in [0.15, 0.2) is 36.4 Å². The van der Waals surface area contributed by atoms with Crippen molar-refractivity contribution in [3.63, 3.8) is 0 Å². The number of nitrogens with zero attached hydrogens (tertiary/aromatic N) is 2. The van der Waals surface area contributed by atoms with Crippen molar-refractivity contribution >= 4 is 45.0 Å². The van der Waals surface area contributed by atoms with E-state index in [9.17, 15) is 5.11 Å². The van der Waals surface area contributed by atoms with E-state index in [4.69, 9.17) is 23.2 Å². The average Bonchev–Trinajstić information content (AvgIpc) is 2.88. The Morgan fingerprint density at radius 2 is 1.42 bits per heavy atom. The smallest absolute Gasteiger partial charge is 0.0845 e. The molecule has 0 aliphatic carbocycles. The zero-order valence-electron chi connectivity index (χ0n) is 15.4. The molecule has 140 valence electrons. The van der Waals surface area contributed by atoms with Crippen LogP contribution in [-0.4, -0.2) is 40.3 Å². The molecule has 1 atom stereocenters. The first-order chi connectivity index (χ1) is 12.5. The van der Waals surface area contributed by atoms with E-state index in [2.05, 4.69) is 23.3 Å². The quantitative estimate of drug-likeness (QED) is 0.541. The number of fused-ring (bicyclic) bond motifs is 3. The van der Waals surface area contributed by atoms with Crippen LogP contribution in [0.1, 0.15) is 26.7 Å². The average molecular weight is 393 g/mol. The molecule has 1 N–H and O–H groups in total. The predicted molar refractivity (Wildman–Crippen MR) is 112 cm³/mol. The maximum Gasteiger partial charge on any atom is 0.0845 e. The number of rotatable bonds is 8. The summed E-state index contributed by atoms with van der Waals surface area (Å²) in [5.41, 5.74) is 2.14. The monoisotopic (exact) mass is 392 g/mol. The minimum Gasteiger partial charge on any atom is -0.390 e. The highest BCUT2D eigenvalue weighted by Crippen LogP contribution is 2.33. The lowest BCUT2D eigenvalue weighted by molar-refractivity contribution is 0.0997. The van der Waals surface area contributed by atoms with Gasteiger partial charge < -0.3 is 14.6 Å². The van der Waals surface area contributed by atoms with Crippen molar-refractivity contribution < 1.29 is 5.11 Å². The third-order valence-corrected chi connectivity index (χ3v) is 5.20. The molecule has 3 aromatic rings. The van der Waals surface area contributed by atoms with Gasteiger partial charge in [-0.1, -0.05) is 37.0 Å². The van der Waals surface area contributed by atoms with Crippen molar-refractivity contribution in [2.45, 2.75) is 39.3 Å². The predicted octanol–water partition coefficient (Wildman–Crippen LogP) is 5.58. The van der Waals surface area contributed by atoms with Crippen molar-refractivity contribution in [2.24, 2.45) is 0 Å². The molecule has 2 aromatic carbocycles. The Kier molecular flexibility index (Phi) is 6.46. The molecule has 0 bridgehead atoms. The molecular formula is C21H26Cl2N2O. The second-order valence-electron chi connectivity index (χ2n) is 6.89. The summed E-state index contributed by atoms with van der Waals surface area (Å²) in [6.07, 6.45) is 1.76. The largest absolute Gasteiger partial charge is 0.390 e. The molecule has 1 heterocycles. The third kappa shape index (κ3) is 4.17. The summed E-state index contributed by atoms with van der Waals surface area (Å²) in [5.74, 6) is 0. The minimum atomic E-state index is -0.432. The highest BCUT2D eigenvalue weighted by atomic mass is 35.5. The van der Waals surface area contributed by atoms with Gasteiger partial charge in [-0.15, -0.1) is 0 Å². The lowest BCUT2D eigenvalue weighted by Crippen LogP contribution is -2.35. The summed E-state index contributed by atoms with van der Waals surface area (Å²) in [4.78, 5) is 2.34. The van der Waals surface area contributed by atoms with Gasteiger partial charge in [-0.05, 0) is 62.3 Å². The van der Waals surface area contributed by atoms with Gasteiger partial charge in [-0.2, -0.15) is 0 Å². The van der Waals surface area contributed by atoms with Gasteiger partial charge in [0.15, 0.2) is 0 Å². The van der Waals surface area contributed by atoms with Crippen molar-refractivity contribution in [1.29, 1.82) is 0 Å². The van der Waals surface area contributed by atoms with Crippen LogP contribution in [0.5, 0.6) is 0 Å². The number of halogens is 2. The van der Waals surface area contributed by atoms with Crippen LogP contribution in [0, 0.1) is 0 Å². The lowest BCUT2D eigenvalue weighted by Gasteiger charge is -2.24. The molecule has 0 saturated carbocycles. The van der Waals surface area contributed by atoms with Crippen molar-refractivity contribution in [3.8, 4) is 0 Å². The van der Waals surface area contributed by atoms with Crippen molar-refractivity contribution in [3.05, 3.63) is 46.4 Å². The number of aromatic nitrogens is 1. The summed E-state index contributed by atoms with van der Waals surface area (Å²) in [5, 5.41) is 14.3. The molecule has 26 heavy (non-hydrogen) atoms. The van der Waals surface area contributed by atoms with Crippen LogP contribution in [0.25, 0.3) is 21.8 Å². The fourth-order valence-electron chi connectivity index (χ4n) is 3.74. The van der Waals surface area contributed by atoms with E-state index in [1.54, 1.807) is 0 Å². The molecule has 3 nitrogen and oxygen atoms in total. The van der Waals surface area contributed by atoms with E-state index >= 15 is 0 Å². The van der Waals surface area contributed by atoms with Crippen LogP contribution >= 0.6 is 23.2 Å². The molecule has 5 heteroatoms. The Morgan fingerprint density at radius 1 is 0.923 bits per heavy atom. The maximum absolute atomic E-state index is 10.8. The van der Waals surface area contributed by atoms with Gasteiger partial charge in [0, 0.05) is 38.4 Å². The number of hydrogen-bond acceptors (Lipinski definition) is 2. The number of aliphatic hydroxyl groups excluding tert-OH is 1. The van der Waals surface area contributed by atoms with Gasteiger partial charge in [-0.25, -0.2) is 0 Å². The second-order valence-corrected chi connectivity index (χ2v) is 7.76. The summed E-state index contributed by atoms with van der Waals surface area (Å²) in [6.45, 7) is 7.62. The molecule has 0 amide bonds. The molecule has 1 aromatic heterocycles. The molecule has 0 radical (unpaired) electrons. The first-order valence-corrected chi connectivity index (χ1v) is 10.1. The van der Waals surface area contributed by atoms with E-state index in [1.165, 1.54) is 0 Å². The number of aliphatic hydroxyl groups is 1. The zero-order valence-corrected chi connectivity index (χ0v) is 16.9. The van der Waals surface area contributed by atoms with Crippen LogP contribution in [0.2, 0.25) is 10.0 Å². The molecular weight excluding hydrogens is 367 g/mol. The Morgan fingerprint density at radius 3 is 1.88 bits per heavy atom. The third-order valence-electron chi connectivity index (χ3n) is 4.73. The topological polar surface area (TPSA) is 28.4 Å². The van der Waals surface area contributed by atoms with Crippen LogP contribution in [0.4, 0.5) is 0 Å². The lowest BCUT2D eigenvalue weighted by atomic mass is 10.1. The molecule has 0 saturated heterocycles. The van der Waals surface area contributed by atoms with Gasteiger partial charge in [0.1, 0.15) is 0 Å². The van der Waals surface area contributed by atoms with E-state index in [0.29, 0.717) is 23.1 Å². The van der Waals surface area contributed by atoms with Crippen LogP contribution < -0.4 is 0 Å². The SMILES string of the molecule is CCCN(CCC)C[C@@H](O)Cn1c2ccc(Cl)cc2c2cc(Cl)ccc21. The standard InChI is InChI=1S/C21H26Cl2N2O/c1-3-9-24(10-4-2)13-17(26)14-25-20-7-5-15(22)11-18(20)19-12-16(23)6-8-21(19)25/h5-8,11-12,17,26H,3-4,9-10,13-14H2,1-2H3/t17-/m1/s1. The van der Waals surface area contributed by atoms with E-state index in [0.717, 1.165) is 47.7 Å². The van der Waals surface area contributed by atoms with E-state index < -0.39 is 6.10 Å². The molecule has 0 unspecified atom stereocenters. The first-order valence-electron chi connectivity index (χ1n) is 9.31. The molecule has 0 aliphatic rings. The van der Waals surface area contributed by atoms with Crippen molar-refractivity contribution in [1.82, 2.24) is 9.47 Å². The maximum atomic E-state index is 10.8. The summed E-state index contributed by atoms with van der Waals surface area (Å²) in [6, 6.07) is 11.8. The first kappa shape index (κ1) is 19.5. The van der Waals surface area contributed by atoms with Gasteiger partial charge >= 0.3 is 0 Å². The molecule has 3 rings (SSSR count). The molecule has 0 spiro atoms. The fourth-order valence-corrected chi connectivity index (χ4v) is 4.08. The number of benzene rings is 2. The normalized spacial score (nSPS) is 13.2. The Bertz CT molecular complexity index is 825. The Hall–Kier alpha value is -1.26. The van der Waals surface area contributed by atoms with Gasteiger partial charge in [-0.3, -0.25) is 0 Å². The Labute approximate surface area is 165 Å². The number of hydrogen-bond donors (Lipinski definition) is 1. The summed E-state index contributed by atoms with van der Waals surface area (Å²) in [7, 11) is 0. The zero-order chi connectivity index (χ0) is 18.7. The minimum absolute atomic E-state index is 0.432. The van der Waals surface area contributed by atoms with Crippen molar-refractivity contribution in [2.75, 3.05) is 19.6 Å². The highest BCUT2D eigenvalue weighted by molar-refractivity contribution is 6.33. The summed E-state index contributed by atoms with van der Waals surface area (Å²) < 4.78 is 2.18. The molecule has 0 aliphatic heterocycles. The van der Waals surface area contributed by atoms with Gasteiger partial charge in [0.05, 0.1) is 12.6 Å². The highest BCUT2D eigenvalue weighted by Gasteiger charge is 2.16. The van der Waals surface area contributed by atoms with Crippen LogP contribution in [0.3, 0.4) is 0 Å². The fraction of sp³-hybridized carbons (Fsp3) is 0.429. The summed E-state index contributed by atoms with van der Waals surface area (Å²) >= 11 is 12.4. The van der Waals surface area contributed by atoms with Gasteiger partial charge in [0.25, 0.3) is 0 Å². The Balaban J connectivity index is 1.95. The molecule has 0 fully saturated rings.